The largest absolute Gasteiger partial charge is 0.508 e. The van der Waals surface area contributed by atoms with E-state index in [4.69, 9.17) is 9.05 Å². The molecule has 0 aliphatic heterocycles. The summed E-state index contributed by atoms with van der Waals surface area (Å²) in [7, 11) is -3.44. The maximum atomic E-state index is 13.3. The molecule has 0 saturated carbocycles. The summed E-state index contributed by atoms with van der Waals surface area (Å²) in [5.74, 6) is 0.685. The Morgan fingerprint density at radius 1 is 0.622 bits per heavy atom. The molecule has 1 atom stereocenters. The van der Waals surface area contributed by atoms with Crippen molar-refractivity contribution in [3.8, 4) is 33.8 Å². The molecule has 0 heterocycles. The predicted octanol–water partition coefficient (Wildman–Crippen LogP) is 8.11. The lowest BCUT2D eigenvalue weighted by Gasteiger charge is -2.29. The summed E-state index contributed by atoms with van der Waals surface area (Å²) in [6.45, 7) is 8.72. The molecule has 0 fully saturated rings. The van der Waals surface area contributed by atoms with Gasteiger partial charge >= 0.3 is 7.60 Å². The van der Waals surface area contributed by atoms with Gasteiger partial charge in [0.25, 0.3) is 0 Å². The van der Waals surface area contributed by atoms with E-state index in [9.17, 15) is 14.8 Å². The maximum Gasteiger partial charge on any atom is 0.376 e. The zero-order chi connectivity index (χ0) is 26.8. The van der Waals surface area contributed by atoms with Crippen LogP contribution in [0.1, 0.15) is 38.8 Å². The van der Waals surface area contributed by atoms with E-state index in [0.29, 0.717) is 5.75 Å². The van der Waals surface area contributed by atoms with Crippen LogP contribution in [0.25, 0.3) is 22.3 Å². The Kier molecular flexibility index (Phi) is 7.34. The van der Waals surface area contributed by atoms with Gasteiger partial charge in [-0.25, -0.2) is 4.57 Å². The highest BCUT2D eigenvalue weighted by Gasteiger charge is 2.32. The van der Waals surface area contributed by atoms with E-state index in [1.165, 1.54) is 6.66 Å². The number of hydrogen-bond acceptors (Lipinski definition) is 5. The molecule has 0 aliphatic carbocycles. The van der Waals surface area contributed by atoms with Gasteiger partial charge < -0.3 is 14.7 Å². The number of aromatic hydroxyl groups is 1. The molecule has 2 N–H and O–H groups in total. The van der Waals surface area contributed by atoms with Crippen LogP contribution in [0.4, 0.5) is 0 Å². The van der Waals surface area contributed by atoms with Crippen LogP contribution in [0.15, 0.2) is 97.1 Å². The van der Waals surface area contributed by atoms with Gasteiger partial charge in [0, 0.05) is 6.66 Å². The minimum Gasteiger partial charge on any atom is -0.508 e. The summed E-state index contributed by atoms with van der Waals surface area (Å²) in [6, 6.07) is 30.0. The SMILES string of the molecule is CC(C)(O)c1ccc(-c2ccc(OP(C)(=O)OC(C)(C)c3ccc(-c4ccc(O)cc4)cc3)cc2)cc1. The summed E-state index contributed by atoms with van der Waals surface area (Å²) in [5.41, 5.74) is 3.96. The second-order valence-electron chi connectivity index (χ2n) is 10.2. The van der Waals surface area contributed by atoms with Crippen LogP contribution in [-0.4, -0.2) is 16.9 Å². The molecule has 1 unspecified atom stereocenters. The molecule has 5 nitrogen and oxygen atoms in total. The Balaban J connectivity index is 1.43. The Morgan fingerprint density at radius 2 is 1.00 bits per heavy atom. The average molecular weight is 517 g/mol. The molecule has 4 aromatic carbocycles. The van der Waals surface area contributed by atoms with Crippen LogP contribution >= 0.6 is 7.60 Å². The average Bonchev–Trinajstić information content (AvgIpc) is 2.84. The molecule has 0 saturated heterocycles. The Bertz CT molecular complexity index is 1380. The van der Waals surface area contributed by atoms with E-state index in [-0.39, 0.29) is 5.75 Å². The maximum absolute atomic E-state index is 13.3. The van der Waals surface area contributed by atoms with Crippen LogP contribution in [0.2, 0.25) is 0 Å². The highest BCUT2D eigenvalue weighted by Crippen LogP contribution is 2.50. The number of benzene rings is 4. The van der Waals surface area contributed by atoms with Crippen molar-refractivity contribution < 1.29 is 23.8 Å². The van der Waals surface area contributed by atoms with Gasteiger partial charge in [0.15, 0.2) is 0 Å². The molecule has 4 rings (SSSR count). The number of aliphatic hydroxyl groups is 1. The lowest BCUT2D eigenvalue weighted by Crippen LogP contribution is -2.21. The summed E-state index contributed by atoms with van der Waals surface area (Å²) < 4.78 is 25.1. The van der Waals surface area contributed by atoms with Gasteiger partial charge in [-0.1, -0.05) is 72.8 Å². The Hall–Kier alpha value is -3.37. The van der Waals surface area contributed by atoms with E-state index >= 15 is 0 Å². The highest BCUT2D eigenvalue weighted by atomic mass is 31.2. The molecule has 4 aromatic rings. The van der Waals surface area contributed by atoms with E-state index < -0.39 is 18.8 Å². The number of rotatable bonds is 8. The van der Waals surface area contributed by atoms with Gasteiger partial charge in [-0.3, -0.25) is 4.52 Å². The molecular formula is C31H33O5P. The van der Waals surface area contributed by atoms with Gasteiger partial charge in [-0.2, -0.15) is 0 Å². The summed E-state index contributed by atoms with van der Waals surface area (Å²) in [5, 5.41) is 19.7. The van der Waals surface area contributed by atoms with Gasteiger partial charge in [0.05, 0.1) is 11.2 Å². The minimum atomic E-state index is -3.44. The lowest BCUT2D eigenvalue weighted by molar-refractivity contribution is 0.0786. The van der Waals surface area contributed by atoms with Crippen molar-refractivity contribution in [1.29, 1.82) is 0 Å². The standard InChI is InChI=1S/C31H33O5P/c1-30(2,33)26-14-6-22(7-15-26)25-12-20-29(21-13-25)35-37(5,34)36-31(3,4)27-16-8-23(9-17-27)24-10-18-28(32)19-11-24/h6-21,32-33H,1-5H3. The monoisotopic (exact) mass is 516 g/mol. The van der Waals surface area contributed by atoms with Crippen molar-refractivity contribution in [1.82, 2.24) is 0 Å². The third kappa shape index (κ3) is 6.69. The van der Waals surface area contributed by atoms with Crippen LogP contribution in [0.5, 0.6) is 11.5 Å². The normalized spacial score (nSPS) is 13.7. The molecule has 6 heteroatoms. The molecular weight excluding hydrogens is 483 g/mol. The molecule has 37 heavy (non-hydrogen) atoms. The first kappa shape index (κ1) is 26.7. The molecule has 0 aliphatic rings. The van der Waals surface area contributed by atoms with Gasteiger partial charge in [0.1, 0.15) is 11.5 Å². The Labute approximate surface area is 218 Å². The third-order valence-corrected chi connectivity index (χ3v) is 7.56. The van der Waals surface area contributed by atoms with E-state index in [0.717, 1.165) is 33.4 Å². The summed E-state index contributed by atoms with van der Waals surface area (Å²) >= 11 is 0. The van der Waals surface area contributed by atoms with Crippen LogP contribution in [-0.2, 0) is 20.3 Å². The quantitative estimate of drug-likeness (QED) is 0.231. The topological polar surface area (TPSA) is 76.0 Å². The summed E-state index contributed by atoms with van der Waals surface area (Å²) in [4.78, 5) is 0. The minimum absolute atomic E-state index is 0.226. The zero-order valence-electron chi connectivity index (χ0n) is 21.8. The number of hydrogen-bond donors (Lipinski definition) is 2. The Morgan fingerprint density at radius 3 is 1.43 bits per heavy atom. The summed E-state index contributed by atoms with van der Waals surface area (Å²) in [6.07, 6.45) is 0. The fourth-order valence-electron chi connectivity index (χ4n) is 4.17. The highest BCUT2D eigenvalue weighted by molar-refractivity contribution is 7.53. The van der Waals surface area contributed by atoms with Gasteiger partial charge in [-0.15, -0.1) is 0 Å². The zero-order valence-corrected chi connectivity index (χ0v) is 22.7. The second-order valence-corrected chi connectivity index (χ2v) is 12.2. The van der Waals surface area contributed by atoms with Crippen molar-refractivity contribution in [3.05, 3.63) is 108 Å². The molecule has 0 radical (unpaired) electrons. The fourth-order valence-corrected chi connectivity index (χ4v) is 5.65. The van der Waals surface area contributed by atoms with Crippen LogP contribution in [0, 0.1) is 0 Å². The molecule has 0 aromatic heterocycles. The molecule has 0 spiro atoms. The molecule has 0 amide bonds. The van der Waals surface area contributed by atoms with E-state index in [2.05, 4.69) is 0 Å². The third-order valence-electron chi connectivity index (χ3n) is 6.23. The van der Waals surface area contributed by atoms with Crippen molar-refractivity contribution >= 4 is 7.60 Å². The van der Waals surface area contributed by atoms with Gasteiger partial charge in [-0.05, 0) is 85.3 Å². The number of phenols is 1. The van der Waals surface area contributed by atoms with Crippen molar-refractivity contribution in [2.45, 2.75) is 38.9 Å². The van der Waals surface area contributed by atoms with Crippen molar-refractivity contribution in [2.75, 3.05) is 6.66 Å². The number of phenolic OH excluding ortho intramolecular Hbond substituents is 1. The van der Waals surface area contributed by atoms with Crippen LogP contribution < -0.4 is 4.52 Å². The smallest absolute Gasteiger partial charge is 0.376 e. The first-order valence-electron chi connectivity index (χ1n) is 12.1. The molecule has 0 bridgehead atoms. The predicted molar refractivity (Wildman–Crippen MR) is 149 cm³/mol. The molecule has 192 valence electrons. The van der Waals surface area contributed by atoms with Crippen molar-refractivity contribution in [2.24, 2.45) is 0 Å². The fraction of sp³-hybridized carbons (Fsp3) is 0.226. The first-order valence-corrected chi connectivity index (χ1v) is 14.1. The van der Waals surface area contributed by atoms with Crippen molar-refractivity contribution in [3.63, 3.8) is 0 Å². The van der Waals surface area contributed by atoms with E-state index in [1.807, 2.05) is 86.6 Å². The lowest BCUT2D eigenvalue weighted by atomic mass is 9.95. The van der Waals surface area contributed by atoms with E-state index in [1.54, 1.807) is 38.1 Å². The van der Waals surface area contributed by atoms with Crippen LogP contribution in [0.3, 0.4) is 0 Å². The first-order chi connectivity index (χ1) is 17.3. The second kappa shape index (κ2) is 10.2. The van der Waals surface area contributed by atoms with Gasteiger partial charge in [0.2, 0.25) is 0 Å².